The van der Waals surface area contributed by atoms with E-state index in [1.54, 1.807) is 14.0 Å². The number of carboxylic acids is 1. The van der Waals surface area contributed by atoms with Gasteiger partial charge >= 0.3 is 5.97 Å². The molecule has 0 spiro atoms. The van der Waals surface area contributed by atoms with E-state index < -0.39 is 40.6 Å². The van der Waals surface area contributed by atoms with Gasteiger partial charge in [-0.25, -0.2) is 0 Å². The monoisotopic (exact) mass is 433 g/mol. The average Bonchev–Trinajstić information content (AvgIpc) is 2.89. The van der Waals surface area contributed by atoms with Gasteiger partial charge in [-0.05, 0) is 50.4 Å². The van der Waals surface area contributed by atoms with Gasteiger partial charge in [0.1, 0.15) is 11.3 Å². The van der Waals surface area contributed by atoms with Crippen molar-refractivity contribution < 1.29 is 26.0 Å². The molecule has 0 radical (unpaired) electrons. The lowest BCUT2D eigenvalue weighted by Crippen LogP contribution is -2.56. The Hall–Kier alpha value is -2.11. The van der Waals surface area contributed by atoms with Gasteiger partial charge in [0.05, 0.1) is 12.0 Å². The summed E-state index contributed by atoms with van der Waals surface area (Å²) in [6.07, 6.45) is 5.32. The molecule has 7 atom stereocenters. The molecule has 0 aromatic rings. The molecule has 0 aromatic carbocycles. The minimum Gasteiger partial charge on any atom is -0.511 e. The fourth-order valence-electron chi connectivity index (χ4n) is 6.68. The van der Waals surface area contributed by atoms with Gasteiger partial charge in [0.2, 0.25) is 0 Å². The summed E-state index contributed by atoms with van der Waals surface area (Å²) in [5.41, 5.74) is -0.730. The summed E-state index contributed by atoms with van der Waals surface area (Å²) in [4.78, 5) is 39.7. The van der Waals surface area contributed by atoms with Crippen molar-refractivity contribution in [2.75, 3.05) is 7.05 Å². The van der Waals surface area contributed by atoms with Crippen molar-refractivity contribution in [3.05, 3.63) is 23.0 Å². The van der Waals surface area contributed by atoms with Crippen molar-refractivity contribution in [1.29, 1.82) is 0 Å². The Kier molecular flexibility index (Phi) is 5.92. The maximum atomic E-state index is 13.0. The van der Waals surface area contributed by atoms with E-state index in [-0.39, 0.29) is 24.5 Å². The van der Waals surface area contributed by atoms with Crippen LogP contribution >= 0.6 is 0 Å². The first-order valence-corrected chi connectivity index (χ1v) is 11.5. The molecular formula is C25H39NO5. The minimum absolute atomic E-state index is 0. The van der Waals surface area contributed by atoms with Crippen LogP contribution in [0.25, 0.3) is 0 Å². The smallest absolute Gasteiger partial charge is 0.307 e. The highest BCUT2D eigenvalue weighted by molar-refractivity contribution is 6.26. The molecule has 31 heavy (non-hydrogen) atoms. The number of allylic oxidation sites excluding steroid dienone is 3. The molecule has 6 nitrogen and oxygen atoms in total. The summed E-state index contributed by atoms with van der Waals surface area (Å²) in [7, 11) is 1.57. The predicted octanol–water partition coefficient (Wildman–Crippen LogP) is 4.61. The molecule has 6 heteroatoms. The van der Waals surface area contributed by atoms with Crippen molar-refractivity contribution in [2.45, 2.75) is 73.3 Å². The van der Waals surface area contributed by atoms with E-state index in [1.165, 1.54) is 4.90 Å². The number of carbonyl (C=O) groups excluding carboxylic acids is 2. The Labute approximate surface area is 186 Å². The second kappa shape index (κ2) is 7.79. The van der Waals surface area contributed by atoms with Crippen molar-refractivity contribution in [2.24, 2.45) is 34.5 Å². The molecule has 174 valence electrons. The third kappa shape index (κ3) is 3.16. The van der Waals surface area contributed by atoms with Gasteiger partial charge < -0.3 is 15.1 Å². The summed E-state index contributed by atoms with van der Waals surface area (Å²) in [6.45, 7) is 11.7. The van der Waals surface area contributed by atoms with Gasteiger partial charge in [-0.3, -0.25) is 14.4 Å². The number of likely N-dealkylation sites (tertiary alicyclic amines) is 1. The van der Waals surface area contributed by atoms with Gasteiger partial charge in [0.25, 0.3) is 5.91 Å². The lowest BCUT2D eigenvalue weighted by molar-refractivity contribution is -0.149. The molecule has 3 rings (SSSR count). The molecule has 1 saturated heterocycles. The molecule has 3 aliphatic rings. The van der Waals surface area contributed by atoms with E-state index in [1.807, 2.05) is 20.8 Å². The standard InChI is InChI=1S/C25H37NO5.H2/c1-8-17(23(30)31)19-14(3)12-16-11-13(2)9-10-24(16,5)25(19,6)21(28)18-20(27)15(4)26(7)22(18)29;/h12-13,15-17,19,28H,8-11H2,1-7H3,(H,30,31);1H/t13-,15-,16+,17+,19+,24-,25+;/m1./s1. The van der Waals surface area contributed by atoms with Gasteiger partial charge in [-0.1, -0.05) is 45.8 Å². The van der Waals surface area contributed by atoms with Crippen LogP contribution in [0.4, 0.5) is 0 Å². The molecule has 0 bridgehead atoms. The number of aliphatic hydroxyl groups excluding tert-OH is 1. The van der Waals surface area contributed by atoms with Gasteiger partial charge in [0, 0.05) is 19.8 Å². The zero-order chi connectivity index (χ0) is 23.5. The zero-order valence-electron chi connectivity index (χ0n) is 19.9. The number of fused-ring (bicyclic) bond motifs is 1. The van der Waals surface area contributed by atoms with Crippen LogP contribution in [0.1, 0.15) is 68.7 Å². The second-order valence-electron chi connectivity index (χ2n) is 10.5. The quantitative estimate of drug-likeness (QED) is 0.292. The molecule has 2 fully saturated rings. The lowest BCUT2D eigenvalue weighted by atomic mass is 9.43. The van der Waals surface area contributed by atoms with E-state index in [0.29, 0.717) is 12.3 Å². The Bertz CT molecular complexity index is 858. The predicted molar refractivity (Wildman–Crippen MR) is 120 cm³/mol. The lowest BCUT2D eigenvalue weighted by Gasteiger charge is -2.60. The van der Waals surface area contributed by atoms with Gasteiger partial charge in [0.15, 0.2) is 5.78 Å². The molecule has 2 N–H and O–H groups in total. The molecule has 0 aromatic heterocycles. The highest BCUT2D eigenvalue weighted by Crippen LogP contribution is 2.66. The van der Waals surface area contributed by atoms with Crippen molar-refractivity contribution in [1.82, 2.24) is 4.90 Å². The minimum atomic E-state index is -1.04. The summed E-state index contributed by atoms with van der Waals surface area (Å²) in [5, 5.41) is 21.9. The van der Waals surface area contributed by atoms with E-state index >= 15 is 0 Å². The van der Waals surface area contributed by atoms with Crippen molar-refractivity contribution in [3.63, 3.8) is 0 Å². The maximum absolute atomic E-state index is 13.0. The molecule has 1 saturated carbocycles. The molecule has 1 amide bonds. The Morgan fingerprint density at radius 2 is 1.90 bits per heavy atom. The van der Waals surface area contributed by atoms with Crippen molar-refractivity contribution >= 4 is 17.7 Å². The number of Topliss-reactive ketones (excluding diaryl/α,β-unsaturated/α-hetero) is 1. The number of aliphatic carboxylic acids is 1. The third-order valence-electron chi connectivity index (χ3n) is 9.02. The van der Waals surface area contributed by atoms with E-state index in [2.05, 4.69) is 19.9 Å². The number of likely N-dealkylation sites (N-methyl/N-ethyl adjacent to an activating group) is 1. The van der Waals surface area contributed by atoms with Crippen molar-refractivity contribution in [3.8, 4) is 0 Å². The first-order valence-electron chi connectivity index (χ1n) is 11.5. The molecular weight excluding hydrogens is 394 g/mol. The van der Waals surface area contributed by atoms with Crippen LogP contribution in [0.2, 0.25) is 0 Å². The molecule has 2 aliphatic carbocycles. The number of carboxylic acid groups (broad SMARTS) is 1. The number of hydrogen-bond donors (Lipinski definition) is 2. The van der Waals surface area contributed by atoms with Crippen LogP contribution in [-0.2, 0) is 14.4 Å². The molecule has 0 unspecified atom stereocenters. The Morgan fingerprint density at radius 3 is 2.39 bits per heavy atom. The number of carbonyl (C=O) groups is 3. The maximum Gasteiger partial charge on any atom is 0.307 e. The Morgan fingerprint density at radius 1 is 1.29 bits per heavy atom. The largest absolute Gasteiger partial charge is 0.511 e. The topological polar surface area (TPSA) is 94.9 Å². The van der Waals surface area contributed by atoms with E-state index in [4.69, 9.17) is 0 Å². The SMILES string of the molecule is CC[C@H](C(=O)O)[C@@H]1C(C)=C[C@@H]2C[C@H](C)CC[C@@]2(C)[C@]1(C)C(O)=C1C(=O)[C@@H](C)N(C)C1=O.[HH]. The number of amides is 1. The Balaban J connectivity index is 0.00000363. The molecule has 1 heterocycles. The number of aliphatic hydroxyl groups is 1. The number of ketones is 1. The van der Waals surface area contributed by atoms with Crippen LogP contribution in [0.15, 0.2) is 23.0 Å². The fraction of sp³-hybridized carbons (Fsp3) is 0.720. The fourth-order valence-corrected chi connectivity index (χ4v) is 6.68. The highest BCUT2D eigenvalue weighted by Gasteiger charge is 2.63. The highest BCUT2D eigenvalue weighted by atomic mass is 16.4. The average molecular weight is 434 g/mol. The first kappa shape index (κ1) is 23.6. The summed E-state index contributed by atoms with van der Waals surface area (Å²) in [5.74, 6) is -2.53. The summed E-state index contributed by atoms with van der Waals surface area (Å²) in [6, 6.07) is -0.636. The van der Waals surface area contributed by atoms with E-state index in [9.17, 15) is 24.6 Å². The van der Waals surface area contributed by atoms with Crippen LogP contribution in [-0.4, -0.2) is 45.9 Å². The second-order valence-corrected chi connectivity index (χ2v) is 10.5. The first-order chi connectivity index (χ1) is 14.3. The van der Waals surface area contributed by atoms with Crippen LogP contribution in [0.3, 0.4) is 0 Å². The van der Waals surface area contributed by atoms with Gasteiger partial charge in [-0.2, -0.15) is 0 Å². The van der Waals surface area contributed by atoms with Crippen LogP contribution in [0.5, 0.6) is 0 Å². The zero-order valence-corrected chi connectivity index (χ0v) is 19.9. The molecule has 1 aliphatic heterocycles. The number of nitrogens with zero attached hydrogens (tertiary/aromatic N) is 1. The summed E-state index contributed by atoms with van der Waals surface area (Å²) >= 11 is 0. The number of hydrogen-bond acceptors (Lipinski definition) is 4. The van der Waals surface area contributed by atoms with Crippen LogP contribution in [0, 0.1) is 34.5 Å². The van der Waals surface area contributed by atoms with E-state index in [0.717, 1.165) is 24.8 Å². The number of rotatable bonds is 4. The summed E-state index contributed by atoms with van der Waals surface area (Å²) < 4.78 is 0. The van der Waals surface area contributed by atoms with Crippen LogP contribution < -0.4 is 0 Å². The van der Waals surface area contributed by atoms with Gasteiger partial charge in [-0.15, -0.1) is 0 Å². The normalized spacial score (nSPS) is 41.0. The third-order valence-corrected chi connectivity index (χ3v) is 9.02.